The van der Waals surface area contributed by atoms with Gasteiger partial charge < -0.3 is 18.9 Å². The van der Waals surface area contributed by atoms with Gasteiger partial charge in [-0.1, -0.05) is 140 Å². The molecule has 2 aliphatic rings. The zero-order valence-electron chi connectivity index (χ0n) is 31.0. The average molecular weight is 667 g/mol. The fourth-order valence-electron chi connectivity index (χ4n) is 8.02. The Hall–Kier alpha value is -4.12. The Labute approximate surface area is 296 Å². The van der Waals surface area contributed by atoms with E-state index in [2.05, 4.69) is 140 Å². The Balaban J connectivity index is 1.55. The van der Waals surface area contributed by atoms with Crippen molar-refractivity contribution >= 4 is 43.1 Å². The monoisotopic (exact) mass is 666 g/mol. The number of benzene rings is 6. The molecule has 0 atom stereocenters. The lowest BCUT2D eigenvalue weighted by atomic mass is 9.76. The van der Waals surface area contributed by atoms with Gasteiger partial charge in [0.15, 0.2) is 0 Å². The van der Waals surface area contributed by atoms with E-state index in [1.54, 1.807) is 0 Å². The van der Waals surface area contributed by atoms with E-state index in [1.807, 2.05) is 0 Å². The summed E-state index contributed by atoms with van der Waals surface area (Å²) in [5, 5.41) is 9.48. The van der Waals surface area contributed by atoms with Crippen LogP contribution in [0.15, 0.2) is 84.9 Å². The predicted molar refractivity (Wildman–Crippen MR) is 208 cm³/mol. The van der Waals surface area contributed by atoms with Gasteiger partial charge in [0.2, 0.25) is 0 Å². The van der Waals surface area contributed by atoms with Crippen LogP contribution >= 0.6 is 0 Å². The van der Waals surface area contributed by atoms with Crippen LogP contribution in [-0.4, -0.2) is 39.6 Å². The molecule has 4 heteroatoms. The van der Waals surface area contributed by atoms with Gasteiger partial charge in [-0.2, -0.15) is 0 Å². The van der Waals surface area contributed by atoms with Crippen molar-refractivity contribution in [1.29, 1.82) is 0 Å². The Morgan fingerprint density at radius 3 is 1.14 bits per heavy atom. The molecule has 8 rings (SSSR count). The molecule has 2 saturated heterocycles. The minimum atomic E-state index is -0.121. The first-order chi connectivity index (χ1) is 23.8. The van der Waals surface area contributed by atoms with Gasteiger partial charge in [0.05, 0.1) is 39.6 Å². The lowest BCUT2D eigenvalue weighted by molar-refractivity contribution is -0.120. The molecule has 0 spiro atoms. The third-order valence-electron chi connectivity index (χ3n) is 10.8. The Morgan fingerprint density at radius 2 is 0.820 bits per heavy atom. The molecule has 0 saturated carbocycles. The molecule has 258 valence electrons. The summed E-state index contributed by atoms with van der Waals surface area (Å²) in [6, 6.07) is 31.3. The molecule has 0 aliphatic carbocycles. The van der Waals surface area contributed by atoms with Crippen molar-refractivity contribution in [2.24, 2.45) is 10.8 Å². The van der Waals surface area contributed by atoms with Crippen molar-refractivity contribution in [2.45, 2.75) is 66.2 Å². The first kappa shape index (κ1) is 33.0. The van der Waals surface area contributed by atoms with E-state index >= 15 is 0 Å². The van der Waals surface area contributed by atoms with Crippen LogP contribution in [0.1, 0.15) is 66.5 Å². The highest BCUT2D eigenvalue weighted by Gasteiger charge is 2.37. The normalized spacial score (nSPS) is 17.2. The van der Waals surface area contributed by atoms with E-state index < -0.39 is 0 Å². The number of hydrogen-bond donors (Lipinski definition) is 0. The molecular weight excluding hydrogens is 617 g/mol. The number of ether oxygens (including phenoxy) is 4. The van der Waals surface area contributed by atoms with Crippen LogP contribution in [0.3, 0.4) is 0 Å². The molecular formula is C46H50O4. The van der Waals surface area contributed by atoms with Gasteiger partial charge in [0.25, 0.3) is 0 Å². The Morgan fingerprint density at radius 1 is 0.480 bits per heavy atom. The molecule has 50 heavy (non-hydrogen) atoms. The molecule has 2 heterocycles. The van der Waals surface area contributed by atoms with Crippen molar-refractivity contribution in [1.82, 2.24) is 0 Å². The zero-order chi connectivity index (χ0) is 35.1. The smallest absolute Gasteiger partial charge is 0.135 e. The van der Waals surface area contributed by atoms with E-state index in [1.165, 1.54) is 43.8 Å². The highest BCUT2D eigenvalue weighted by molar-refractivity contribution is 6.27. The van der Waals surface area contributed by atoms with E-state index in [9.17, 15) is 0 Å². The molecule has 4 nitrogen and oxygen atoms in total. The fraction of sp³-hybridized carbons (Fsp3) is 0.391. The van der Waals surface area contributed by atoms with Crippen LogP contribution in [0.25, 0.3) is 54.2 Å². The van der Waals surface area contributed by atoms with E-state index in [0.29, 0.717) is 13.2 Å². The molecule has 0 aromatic heterocycles. The Kier molecular flexibility index (Phi) is 7.74. The average Bonchev–Trinajstić information content (AvgIpc) is 3.06. The second-order valence-electron chi connectivity index (χ2n) is 17.6. The van der Waals surface area contributed by atoms with Gasteiger partial charge >= 0.3 is 0 Å². The molecule has 2 aliphatic heterocycles. The van der Waals surface area contributed by atoms with Gasteiger partial charge in [-0.15, -0.1) is 0 Å². The van der Waals surface area contributed by atoms with Crippen molar-refractivity contribution < 1.29 is 18.9 Å². The van der Waals surface area contributed by atoms with Gasteiger partial charge in [-0.25, -0.2) is 0 Å². The highest BCUT2D eigenvalue weighted by atomic mass is 16.5. The summed E-state index contributed by atoms with van der Waals surface area (Å²) in [6.07, 6.45) is 0. The van der Waals surface area contributed by atoms with Crippen LogP contribution in [0.2, 0.25) is 0 Å². The quantitative estimate of drug-likeness (QED) is 0.159. The largest absolute Gasteiger partial charge is 0.492 e. The summed E-state index contributed by atoms with van der Waals surface area (Å²) < 4.78 is 25.1. The molecule has 2 fully saturated rings. The molecule has 0 bridgehead atoms. The second-order valence-corrected chi connectivity index (χ2v) is 17.6. The third-order valence-corrected chi connectivity index (χ3v) is 10.8. The van der Waals surface area contributed by atoms with Crippen LogP contribution in [0, 0.1) is 10.8 Å². The number of fused-ring (bicyclic) bond motifs is 4. The summed E-state index contributed by atoms with van der Waals surface area (Å²) in [5.41, 5.74) is 4.92. The van der Waals surface area contributed by atoms with Crippen molar-refractivity contribution in [3.8, 4) is 22.6 Å². The number of hydrogen-bond acceptors (Lipinski definition) is 4. The first-order valence-electron chi connectivity index (χ1n) is 18.2. The number of rotatable bonds is 7. The third kappa shape index (κ3) is 5.43. The molecule has 0 amide bonds. The molecule has 0 radical (unpaired) electrons. The fourth-order valence-corrected chi connectivity index (χ4v) is 8.02. The minimum absolute atomic E-state index is 0.0141. The Bertz CT molecular complexity index is 2110. The van der Waals surface area contributed by atoms with Crippen molar-refractivity contribution in [3.05, 3.63) is 96.1 Å². The van der Waals surface area contributed by atoms with E-state index in [4.69, 9.17) is 18.9 Å². The summed E-state index contributed by atoms with van der Waals surface area (Å²) >= 11 is 0. The van der Waals surface area contributed by atoms with Crippen LogP contribution in [0.5, 0.6) is 11.5 Å². The zero-order valence-corrected chi connectivity index (χ0v) is 31.0. The molecule has 6 aromatic carbocycles. The van der Waals surface area contributed by atoms with E-state index in [0.717, 1.165) is 59.5 Å². The summed E-state index contributed by atoms with van der Waals surface area (Å²) in [6.45, 7) is 22.6. The lowest BCUT2D eigenvalue weighted by Gasteiger charge is -2.38. The van der Waals surface area contributed by atoms with Crippen LogP contribution < -0.4 is 9.47 Å². The van der Waals surface area contributed by atoms with Gasteiger partial charge in [-0.3, -0.25) is 0 Å². The maximum absolute atomic E-state index is 6.94. The second kappa shape index (κ2) is 11.7. The minimum Gasteiger partial charge on any atom is -0.492 e. The first-order valence-corrected chi connectivity index (χ1v) is 18.2. The van der Waals surface area contributed by atoms with Crippen LogP contribution in [-0.2, 0) is 20.3 Å². The van der Waals surface area contributed by atoms with Crippen molar-refractivity contribution in [3.63, 3.8) is 0 Å². The van der Waals surface area contributed by atoms with Gasteiger partial charge in [0, 0.05) is 32.4 Å². The SMILES string of the molecule is CC1(COc2c3ccccc3c(-c3c4ccccc4c(OCC4(C)COC4)c4cccc(C(C)(C)C)c34)c3c(C(C)(C)C)cccc23)COC1. The topological polar surface area (TPSA) is 36.9 Å². The maximum Gasteiger partial charge on any atom is 0.135 e. The molecule has 0 N–H and O–H groups in total. The van der Waals surface area contributed by atoms with E-state index in [-0.39, 0.29) is 21.7 Å². The standard InChI is InChI=1S/C46H50O4/c1-43(2,3)35-21-13-19-33-37(35)39(29-15-9-11-17-31(29)41(33)49-27-45(7)23-47-24-45)40-30-16-10-12-18-32(30)42(50-28-46(8)25-48-26-46)34-20-14-22-36(38(34)40)44(4,5)6/h9-22H,23-28H2,1-8H3. The molecule has 6 aromatic rings. The van der Waals surface area contributed by atoms with Crippen molar-refractivity contribution in [2.75, 3.05) is 39.6 Å². The summed E-state index contributed by atoms with van der Waals surface area (Å²) in [4.78, 5) is 0. The lowest BCUT2D eigenvalue weighted by Crippen LogP contribution is -2.44. The van der Waals surface area contributed by atoms with Gasteiger partial charge in [-0.05, 0) is 54.6 Å². The summed E-state index contributed by atoms with van der Waals surface area (Å²) in [7, 11) is 0. The van der Waals surface area contributed by atoms with Gasteiger partial charge in [0.1, 0.15) is 11.5 Å². The summed E-state index contributed by atoms with van der Waals surface area (Å²) in [5.74, 6) is 1.92. The maximum atomic E-state index is 6.94. The predicted octanol–water partition coefficient (Wildman–Crippen LogP) is 11.4. The highest BCUT2D eigenvalue weighted by Crippen LogP contribution is 2.53. The van der Waals surface area contributed by atoms with Crippen LogP contribution in [0.4, 0.5) is 0 Å². The molecule has 0 unspecified atom stereocenters.